The molecule has 0 bridgehead atoms. The number of halogens is 2. The first-order valence-electron chi connectivity index (χ1n) is 7.24. The maximum Gasteiger partial charge on any atom is 0.225 e. The van der Waals surface area contributed by atoms with E-state index in [0.29, 0.717) is 37.1 Å². The van der Waals surface area contributed by atoms with Gasteiger partial charge in [-0.2, -0.15) is 4.98 Å². The number of hydrogen-bond acceptors (Lipinski definition) is 6. The summed E-state index contributed by atoms with van der Waals surface area (Å²) in [7, 11) is 0. The van der Waals surface area contributed by atoms with Crippen LogP contribution < -0.4 is 21.7 Å². The van der Waals surface area contributed by atoms with E-state index in [-0.39, 0.29) is 10.9 Å². The van der Waals surface area contributed by atoms with E-state index in [0.717, 1.165) is 5.56 Å². The van der Waals surface area contributed by atoms with Crippen LogP contribution in [0.5, 0.6) is 0 Å². The molecule has 24 heavy (non-hydrogen) atoms. The molecule has 0 unspecified atom stereocenters. The van der Waals surface area contributed by atoms with Crippen molar-refractivity contribution in [1.82, 2.24) is 15.3 Å². The Balaban J connectivity index is 1.94. The minimum absolute atomic E-state index is 0.0628. The molecule has 7 nitrogen and oxygen atoms in total. The number of benzene rings is 1. The maximum absolute atomic E-state index is 13.1. The fourth-order valence-corrected chi connectivity index (χ4v) is 2.07. The molecule has 0 radical (unpaired) electrons. The van der Waals surface area contributed by atoms with Gasteiger partial charge in [-0.05, 0) is 17.7 Å². The summed E-state index contributed by atoms with van der Waals surface area (Å²) in [6, 6.07) is 4.46. The molecule has 1 aromatic heterocycles. The summed E-state index contributed by atoms with van der Waals surface area (Å²) in [5, 5.41) is 8.76. The third kappa shape index (κ3) is 5.24. The van der Waals surface area contributed by atoms with Crippen LogP contribution in [0.3, 0.4) is 0 Å². The monoisotopic (exact) mass is 352 g/mol. The second-order valence-electron chi connectivity index (χ2n) is 5.01. The number of aromatic nitrogens is 2. The smallest absolute Gasteiger partial charge is 0.225 e. The summed E-state index contributed by atoms with van der Waals surface area (Å²) >= 11 is 5.74. The van der Waals surface area contributed by atoms with Crippen molar-refractivity contribution in [3.8, 4) is 0 Å². The molecular weight excluding hydrogens is 335 g/mol. The fraction of sp³-hybridized carbons (Fsp3) is 0.267. The molecule has 0 aliphatic rings. The van der Waals surface area contributed by atoms with Gasteiger partial charge in [-0.3, -0.25) is 4.79 Å². The highest BCUT2D eigenvalue weighted by Gasteiger charge is 2.05. The van der Waals surface area contributed by atoms with Crippen molar-refractivity contribution in [1.29, 1.82) is 0 Å². The Morgan fingerprint density at radius 1 is 1.33 bits per heavy atom. The van der Waals surface area contributed by atoms with E-state index in [1.807, 2.05) is 0 Å². The lowest BCUT2D eigenvalue weighted by molar-refractivity contribution is -0.118. The van der Waals surface area contributed by atoms with Crippen molar-refractivity contribution in [2.24, 2.45) is 0 Å². The zero-order chi connectivity index (χ0) is 17.5. The molecule has 128 valence electrons. The molecule has 0 fully saturated rings. The van der Waals surface area contributed by atoms with Crippen LogP contribution in [0, 0.1) is 5.82 Å². The first-order valence-corrected chi connectivity index (χ1v) is 7.62. The topological polar surface area (TPSA) is 105 Å². The Labute approximate surface area is 143 Å². The number of carbonyl (C=O) groups is 1. The van der Waals surface area contributed by atoms with Gasteiger partial charge in [0.05, 0.1) is 16.9 Å². The molecule has 0 spiro atoms. The molecule has 1 amide bonds. The lowest BCUT2D eigenvalue weighted by Crippen LogP contribution is -2.26. The van der Waals surface area contributed by atoms with Crippen LogP contribution in [0.1, 0.15) is 12.5 Å². The van der Waals surface area contributed by atoms with Gasteiger partial charge in [0.15, 0.2) is 5.82 Å². The molecule has 0 saturated carbocycles. The SMILES string of the molecule is CC(=O)NCCNc1nc(NCc2ccc(F)c(Cl)c2)ncc1N. The number of nitrogens with zero attached hydrogens (tertiary/aromatic N) is 2. The van der Waals surface area contributed by atoms with E-state index in [9.17, 15) is 9.18 Å². The molecule has 0 aliphatic carbocycles. The van der Waals surface area contributed by atoms with Crippen LogP contribution in [0.2, 0.25) is 5.02 Å². The second kappa shape index (κ2) is 8.30. The first-order chi connectivity index (χ1) is 11.5. The minimum Gasteiger partial charge on any atom is -0.394 e. The van der Waals surface area contributed by atoms with Crippen LogP contribution in [0.4, 0.5) is 21.8 Å². The molecule has 1 aromatic carbocycles. The quantitative estimate of drug-likeness (QED) is 0.568. The van der Waals surface area contributed by atoms with Crippen LogP contribution in [-0.4, -0.2) is 29.0 Å². The van der Waals surface area contributed by atoms with Gasteiger partial charge < -0.3 is 21.7 Å². The maximum atomic E-state index is 13.1. The number of nitrogen functional groups attached to an aromatic ring is 1. The van der Waals surface area contributed by atoms with Crippen molar-refractivity contribution in [3.63, 3.8) is 0 Å². The highest BCUT2D eigenvalue weighted by molar-refractivity contribution is 6.30. The average Bonchev–Trinajstić information content (AvgIpc) is 2.54. The lowest BCUT2D eigenvalue weighted by atomic mass is 10.2. The Morgan fingerprint density at radius 2 is 2.12 bits per heavy atom. The highest BCUT2D eigenvalue weighted by atomic mass is 35.5. The van der Waals surface area contributed by atoms with Crippen molar-refractivity contribution in [2.75, 3.05) is 29.5 Å². The first kappa shape index (κ1) is 17.7. The number of anilines is 3. The Kier molecular flexibility index (Phi) is 6.14. The second-order valence-corrected chi connectivity index (χ2v) is 5.42. The summed E-state index contributed by atoms with van der Waals surface area (Å²) in [5.74, 6) is 0.268. The summed E-state index contributed by atoms with van der Waals surface area (Å²) < 4.78 is 13.1. The molecule has 0 aliphatic heterocycles. The van der Waals surface area contributed by atoms with Gasteiger partial charge in [-0.1, -0.05) is 17.7 Å². The van der Waals surface area contributed by atoms with E-state index in [4.69, 9.17) is 17.3 Å². The molecular formula is C15H18ClFN6O. The fourth-order valence-electron chi connectivity index (χ4n) is 1.87. The summed E-state index contributed by atoms with van der Waals surface area (Å²) in [6.07, 6.45) is 1.48. The van der Waals surface area contributed by atoms with E-state index < -0.39 is 5.82 Å². The van der Waals surface area contributed by atoms with Crippen molar-refractivity contribution >= 4 is 35.0 Å². The van der Waals surface area contributed by atoms with Crippen molar-refractivity contribution in [2.45, 2.75) is 13.5 Å². The summed E-state index contributed by atoms with van der Waals surface area (Å²) in [5.41, 5.74) is 7.00. The molecule has 0 atom stereocenters. The van der Waals surface area contributed by atoms with Crippen LogP contribution in [0.25, 0.3) is 0 Å². The van der Waals surface area contributed by atoms with Crippen LogP contribution >= 0.6 is 11.6 Å². The normalized spacial score (nSPS) is 10.3. The largest absolute Gasteiger partial charge is 0.394 e. The predicted octanol–water partition coefficient (Wildman–Crippen LogP) is 2.01. The zero-order valence-corrected chi connectivity index (χ0v) is 13.8. The standard InChI is InChI=1S/C15H18ClFN6O/c1-9(24)19-4-5-20-14-13(18)8-22-15(23-14)21-7-10-2-3-12(17)11(16)6-10/h2-3,6,8H,4-5,7,18H2,1H3,(H,19,24)(H2,20,21,22,23). The third-order valence-electron chi connectivity index (χ3n) is 3.04. The number of carbonyl (C=O) groups excluding carboxylic acids is 1. The number of rotatable bonds is 7. The van der Waals surface area contributed by atoms with Gasteiger partial charge in [-0.15, -0.1) is 0 Å². The molecule has 9 heteroatoms. The Hall–Kier alpha value is -2.61. The van der Waals surface area contributed by atoms with Crippen LogP contribution in [0.15, 0.2) is 24.4 Å². The molecule has 2 rings (SSSR count). The molecule has 1 heterocycles. The summed E-state index contributed by atoms with van der Waals surface area (Å²) in [4.78, 5) is 19.2. The molecule has 5 N–H and O–H groups in total. The van der Waals surface area contributed by atoms with Gasteiger partial charge in [0.25, 0.3) is 0 Å². The molecule has 0 saturated heterocycles. The van der Waals surface area contributed by atoms with E-state index in [1.54, 1.807) is 6.07 Å². The van der Waals surface area contributed by atoms with Gasteiger partial charge in [-0.25, -0.2) is 9.37 Å². The van der Waals surface area contributed by atoms with E-state index >= 15 is 0 Å². The Bertz CT molecular complexity index is 727. The van der Waals surface area contributed by atoms with Gasteiger partial charge in [0.1, 0.15) is 5.82 Å². The molecule has 2 aromatic rings. The minimum atomic E-state index is -0.463. The Morgan fingerprint density at radius 3 is 2.83 bits per heavy atom. The van der Waals surface area contributed by atoms with E-state index in [2.05, 4.69) is 25.9 Å². The zero-order valence-electron chi connectivity index (χ0n) is 13.1. The van der Waals surface area contributed by atoms with Gasteiger partial charge in [0, 0.05) is 26.6 Å². The van der Waals surface area contributed by atoms with Crippen LogP contribution in [-0.2, 0) is 11.3 Å². The highest BCUT2D eigenvalue weighted by Crippen LogP contribution is 2.18. The van der Waals surface area contributed by atoms with Gasteiger partial charge >= 0.3 is 0 Å². The lowest BCUT2D eigenvalue weighted by Gasteiger charge is -2.11. The number of nitrogens with one attached hydrogen (secondary N) is 3. The predicted molar refractivity (Wildman–Crippen MR) is 92.4 cm³/mol. The third-order valence-corrected chi connectivity index (χ3v) is 3.33. The van der Waals surface area contributed by atoms with Gasteiger partial charge in [0.2, 0.25) is 11.9 Å². The van der Waals surface area contributed by atoms with Crippen molar-refractivity contribution in [3.05, 3.63) is 40.8 Å². The number of amides is 1. The number of nitrogens with two attached hydrogens (primary N) is 1. The van der Waals surface area contributed by atoms with Crippen molar-refractivity contribution < 1.29 is 9.18 Å². The average molecular weight is 353 g/mol. The number of hydrogen-bond donors (Lipinski definition) is 4. The van der Waals surface area contributed by atoms with E-state index in [1.165, 1.54) is 25.3 Å². The summed E-state index contributed by atoms with van der Waals surface area (Å²) in [6.45, 7) is 2.77.